The molecule has 0 bridgehead atoms. The van der Waals surface area contributed by atoms with Gasteiger partial charge in [0.15, 0.2) is 10.9 Å². The molecule has 0 unspecified atom stereocenters. The van der Waals surface area contributed by atoms with Crippen LogP contribution in [0.3, 0.4) is 0 Å². The van der Waals surface area contributed by atoms with Gasteiger partial charge in [-0.25, -0.2) is 4.98 Å². The number of methoxy groups -OCH3 is 1. The SMILES string of the molecule is COCCn1c(SCC(=O)c2cccc(Cl)c2)nc2cc(C(=O)NC3CCCCC3)ccc2c1=O. The van der Waals surface area contributed by atoms with Gasteiger partial charge >= 0.3 is 0 Å². The Labute approximate surface area is 213 Å². The fourth-order valence-electron chi connectivity index (χ4n) is 4.22. The Morgan fingerprint density at radius 1 is 1.14 bits per heavy atom. The summed E-state index contributed by atoms with van der Waals surface area (Å²) in [5.74, 6) is -0.187. The van der Waals surface area contributed by atoms with Gasteiger partial charge in [-0.3, -0.25) is 19.0 Å². The average Bonchev–Trinajstić information content (AvgIpc) is 2.87. The number of hydrogen-bond donors (Lipinski definition) is 1. The maximum atomic E-state index is 13.3. The van der Waals surface area contributed by atoms with Crippen LogP contribution < -0.4 is 10.9 Å². The zero-order valence-electron chi connectivity index (χ0n) is 19.6. The number of nitrogens with zero attached hydrogens (tertiary/aromatic N) is 2. The predicted octanol–water partition coefficient (Wildman–Crippen LogP) is 4.73. The Morgan fingerprint density at radius 2 is 1.94 bits per heavy atom. The predicted molar refractivity (Wildman–Crippen MR) is 139 cm³/mol. The van der Waals surface area contributed by atoms with E-state index in [1.165, 1.54) is 22.7 Å². The topological polar surface area (TPSA) is 90.3 Å². The lowest BCUT2D eigenvalue weighted by Crippen LogP contribution is -2.36. The average molecular weight is 514 g/mol. The maximum absolute atomic E-state index is 13.3. The third-order valence-electron chi connectivity index (χ3n) is 6.12. The van der Waals surface area contributed by atoms with E-state index >= 15 is 0 Å². The van der Waals surface area contributed by atoms with E-state index in [1.54, 1.807) is 49.6 Å². The first-order valence-corrected chi connectivity index (χ1v) is 13.1. The number of benzene rings is 2. The smallest absolute Gasteiger partial charge is 0.262 e. The first-order chi connectivity index (χ1) is 17.0. The Kier molecular flexibility index (Phi) is 8.59. The molecular formula is C26H28ClN3O4S. The molecule has 1 N–H and O–H groups in total. The molecule has 1 aromatic heterocycles. The monoisotopic (exact) mass is 513 g/mol. The summed E-state index contributed by atoms with van der Waals surface area (Å²) in [5.41, 5.74) is 1.16. The molecular weight excluding hydrogens is 486 g/mol. The summed E-state index contributed by atoms with van der Waals surface area (Å²) in [6.07, 6.45) is 5.44. The van der Waals surface area contributed by atoms with Crippen LogP contribution in [0.4, 0.5) is 0 Å². The number of carbonyl (C=O) groups is 2. The fraction of sp³-hybridized carbons (Fsp3) is 0.385. The van der Waals surface area contributed by atoms with Crippen LogP contribution in [0, 0.1) is 0 Å². The number of amides is 1. The van der Waals surface area contributed by atoms with Crippen molar-refractivity contribution in [1.29, 1.82) is 0 Å². The molecule has 0 radical (unpaired) electrons. The second kappa shape index (κ2) is 11.8. The van der Waals surface area contributed by atoms with Crippen LogP contribution in [0.25, 0.3) is 10.9 Å². The first-order valence-electron chi connectivity index (χ1n) is 11.7. The first kappa shape index (κ1) is 25.4. The Morgan fingerprint density at radius 3 is 2.69 bits per heavy atom. The molecule has 0 aliphatic heterocycles. The highest BCUT2D eigenvalue weighted by molar-refractivity contribution is 7.99. The van der Waals surface area contributed by atoms with Gasteiger partial charge in [0.05, 0.1) is 29.8 Å². The van der Waals surface area contributed by atoms with E-state index in [0.29, 0.717) is 45.4 Å². The lowest BCUT2D eigenvalue weighted by Gasteiger charge is -2.22. The normalized spacial score (nSPS) is 14.2. The summed E-state index contributed by atoms with van der Waals surface area (Å²) in [6.45, 7) is 0.626. The summed E-state index contributed by atoms with van der Waals surface area (Å²) < 4.78 is 6.68. The summed E-state index contributed by atoms with van der Waals surface area (Å²) in [6, 6.07) is 11.9. The van der Waals surface area contributed by atoms with Crippen molar-refractivity contribution in [3.8, 4) is 0 Å². The lowest BCUT2D eigenvalue weighted by molar-refractivity contribution is 0.0927. The van der Waals surface area contributed by atoms with E-state index in [0.717, 1.165) is 25.7 Å². The molecule has 1 amide bonds. The minimum atomic E-state index is -0.232. The second-order valence-electron chi connectivity index (χ2n) is 8.61. The minimum Gasteiger partial charge on any atom is -0.383 e. The Bertz CT molecular complexity index is 1290. The molecule has 184 valence electrons. The van der Waals surface area contributed by atoms with Crippen LogP contribution in [-0.2, 0) is 11.3 Å². The number of aromatic nitrogens is 2. The second-order valence-corrected chi connectivity index (χ2v) is 9.99. The number of fused-ring (bicyclic) bond motifs is 1. The summed E-state index contributed by atoms with van der Waals surface area (Å²) >= 11 is 7.19. The van der Waals surface area contributed by atoms with Gasteiger partial charge in [0, 0.05) is 29.3 Å². The molecule has 1 aliphatic rings. The van der Waals surface area contributed by atoms with E-state index in [1.807, 2.05) is 0 Å². The molecule has 1 fully saturated rings. The van der Waals surface area contributed by atoms with Gasteiger partial charge in [-0.05, 0) is 43.2 Å². The number of thioether (sulfide) groups is 1. The summed E-state index contributed by atoms with van der Waals surface area (Å²) in [5, 5.41) is 4.41. The van der Waals surface area contributed by atoms with Crippen molar-refractivity contribution in [1.82, 2.24) is 14.9 Å². The van der Waals surface area contributed by atoms with Gasteiger partial charge in [0.1, 0.15) is 0 Å². The zero-order chi connectivity index (χ0) is 24.8. The molecule has 7 nitrogen and oxygen atoms in total. The molecule has 1 heterocycles. The highest BCUT2D eigenvalue weighted by Gasteiger charge is 2.19. The summed E-state index contributed by atoms with van der Waals surface area (Å²) in [7, 11) is 1.56. The fourth-order valence-corrected chi connectivity index (χ4v) is 5.33. The van der Waals surface area contributed by atoms with Gasteiger partial charge in [-0.15, -0.1) is 0 Å². The largest absolute Gasteiger partial charge is 0.383 e. The molecule has 1 aliphatic carbocycles. The number of hydrogen-bond acceptors (Lipinski definition) is 6. The van der Waals surface area contributed by atoms with Crippen LogP contribution in [0.5, 0.6) is 0 Å². The third kappa shape index (κ3) is 6.31. The van der Waals surface area contributed by atoms with Gasteiger partial charge in [-0.1, -0.05) is 54.8 Å². The number of carbonyl (C=O) groups excluding carboxylic acids is 2. The number of nitrogens with one attached hydrogen (secondary N) is 1. The molecule has 1 saturated carbocycles. The third-order valence-corrected chi connectivity index (χ3v) is 7.33. The zero-order valence-corrected chi connectivity index (χ0v) is 21.2. The highest BCUT2D eigenvalue weighted by atomic mass is 35.5. The maximum Gasteiger partial charge on any atom is 0.262 e. The van der Waals surface area contributed by atoms with Crippen molar-refractivity contribution in [2.45, 2.75) is 49.8 Å². The van der Waals surface area contributed by atoms with Gasteiger partial charge in [0.2, 0.25) is 0 Å². The molecule has 35 heavy (non-hydrogen) atoms. The number of halogens is 1. The Balaban J connectivity index is 1.61. The van der Waals surface area contributed by atoms with Crippen molar-refractivity contribution >= 4 is 46.0 Å². The summed E-state index contributed by atoms with van der Waals surface area (Å²) in [4.78, 5) is 43.5. The molecule has 4 rings (SSSR count). The van der Waals surface area contributed by atoms with Gasteiger partial charge in [0.25, 0.3) is 11.5 Å². The van der Waals surface area contributed by atoms with Crippen LogP contribution >= 0.6 is 23.4 Å². The van der Waals surface area contributed by atoms with Crippen molar-refractivity contribution in [2.24, 2.45) is 0 Å². The molecule has 9 heteroatoms. The van der Waals surface area contributed by atoms with Crippen LogP contribution in [0.2, 0.25) is 5.02 Å². The van der Waals surface area contributed by atoms with Crippen molar-refractivity contribution in [3.05, 3.63) is 69.0 Å². The van der Waals surface area contributed by atoms with Crippen LogP contribution in [-0.4, -0.2) is 46.8 Å². The van der Waals surface area contributed by atoms with Crippen LogP contribution in [0.15, 0.2) is 52.4 Å². The highest BCUT2D eigenvalue weighted by Crippen LogP contribution is 2.22. The quantitative estimate of drug-likeness (QED) is 0.252. The van der Waals surface area contributed by atoms with Crippen molar-refractivity contribution in [2.75, 3.05) is 19.5 Å². The van der Waals surface area contributed by atoms with Crippen molar-refractivity contribution in [3.63, 3.8) is 0 Å². The lowest BCUT2D eigenvalue weighted by atomic mass is 9.95. The molecule has 3 aromatic rings. The van der Waals surface area contributed by atoms with E-state index < -0.39 is 0 Å². The number of ketones is 1. The molecule has 0 saturated heterocycles. The standard InChI is InChI=1S/C26H28ClN3O4S/c1-34-13-12-30-25(33)21-11-10-18(24(32)28-20-8-3-2-4-9-20)15-22(21)29-26(30)35-16-23(31)17-6-5-7-19(27)14-17/h5-7,10-11,14-15,20H,2-4,8-9,12-13,16H2,1H3,(H,28,32). The minimum absolute atomic E-state index is 0.0904. The van der Waals surface area contributed by atoms with Crippen molar-refractivity contribution < 1.29 is 14.3 Å². The van der Waals surface area contributed by atoms with E-state index in [4.69, 9.17) is 16.3 Å². The number of ether oxygens (including phenoxy) is 1. The van der Waals surface area contributed by atoms with Gasteiger partial charge < -0.3 is 10.1 Å². The number of rotatable bonds is 9. The molecule has 0 spiro atoms. The molecule has 0 atom stereocenters. The van der Waals surface area contributed by atoms with E-state index in [9.17, 15) is 14.4 Å². The van der Waals surface area contributed by atoms with E-state index in [2.05, 4.69) is 10.3 Å². The van der Waals surface area contributed by atoms with E-state index in [-0.39, 0.29) is 29.0 Å². The Hall–Kier alpha value is -2.68. The van der Waals surface area contributed by atoms with Crippen LogP contribution in [0.1, 0.15) is 52.8 Å². The van der Waals surface area contributed by atoms with Gasteiger partial charge in [-0.2, -0.15) is 0 Å². The number of Topliss-reactive ketones (excluding diaryl/α,β-unsaturated/α-hetero) is 1. The molecule has 2 aromatic carbocycles.